The third-order valence-corrected chi connectivity index (χ3v) is 8.23. The summed E-state index contributed by atoms with van der Waals surface area (Å²) >= 11 is 0. The molecular formula is C32H53N. The summed E-state index contributed by atoms with van der Waals surface area (Å²) in [6.45, 7) is 0. The molecule has 1 nitrogen and oxygen atoms in total. The first-order chi connectivity index (χ1) is 16.4. The highest BCUT2D eigenvalue weighted by molar-refractivity contribution is 5.48. The van der Waals surface area contributed by atoms with Gasteiger partial charge in [0.05, 0.1) is 0 Å². The van der Waals surface area contributed by atoms with Gasteiger partial charge in [-0.3, -0.25) is 0 Å². The van der Waals surface area contributed by atoms with E-state index in [0.29, 0.717) is 0 Å². The van der Waals surface area contributed by atoms with Gasteiger partial charge in [-0.25, -0.2) is 0 Å². The number of rotatable bonds is 4. The summed E-state index contributed by atoms with van der Waals surface area (Å²) in [4.78, 5) is 2.89. The van der Waals surface area contributed by atoms with Crippen molar-refractivity contribution < 1.29 is 0 Å². The van der Waals surface area contributed by atoms with Crippen molar-refractivity contribution >= 4 is 6.08 Å². The Kier molecular flexibility index (Phi) is 13.8. The fourth-order valence-electron chi connectivity index (χ4n) is 6.16. The molecule has 186 valence electrons. The molecule has 0 N–H and O–H groups in total. The lowest BCUT2D eigenvalue weighted by atomic mass is 9.92. The van der Waals surface area contributed by atoms with Crippen molar-refractivity contribution in [2.75, 3.05) is 0 Å². The maximum absolute atomic E-state index is 2.89. The molecule has 2 aliphatic carbocycles. The van der Waals surface area contributed by atoms with Crippen LogP contribution in [-0.4, -0.2) is 17.0 Å². The third kappa shape index (κ3) is 11.2. The largest absolute Gasteiger partial charge is 0.371 e. The van der Waals surface area contributed by atoms with Gasteiger partial charge in [-0.05, 0) is 37.3 Å². The second kappa shape index (κ2) is 17.2. The Morgan fingerprint density at radius 2 is 0.788 bits per heavy atom. The Bertz CT molecular complexity index is 552. The van der Waals surface area contributed by atoms with Gasteiger partial charge in [0.2, 0.25) is 0 Å². The molecule has 0 saturated heterocycles. The van der Waals surface area contributed by atoms with Gasteiger partial charge in [-0.15, -0.1) is 0 Å². The lowest BCUT2D eigenvalue weighted by Gasteiger charge is -2.39. The van der Waals surface area contributed by atoms with Crippen molar-refractivity contribution in [2.45, 2.75) is 153 Å². The second-order valence-electron chi connectivity index (χ2n) is 11.0. The Morgan fingerprint density at radius 3 is 1.15 bits per heavy atom. The molecule has 0 aromatic heterocycles. The van der Waals surface area contributed by atoms with Crippen molar-refractivity contribution in [2.24, 2.45) is 0 Å². The van der Waals surface area contributed by atoms with Gasteiger partial charge in [-0.1, -0.05) is 146 Å². The van der Waals surface area contributed by atoms with E-state index in [-0.39, 0.29) is 0 Å². The first-order valence-corrected chi connectivity index (χ1v) is 14.9. The molecule has 0 atom stereocenters. The minimum atomic E-state index is 0.738. The fourth-order valence-corrected chi connectivity index (χ4v) is 6.16. The average Bonchev–Trinajstić information content (AvgIpc) is 2.82. The van der Waals surface area contributed by atoms with Gasteiger partial charge in [0.1, 0.15) is 0 Å². The van der Waals surface area contributed by atoms with Crippen molar-refractivity contribution in [3.8, 4) is 0 Å². The molecule has 0 spiro atoms. The summed E-state index contributed by atoms with van der Waals surface area (Å²) in [5, 5.41) is 0. The molecule has 2 fully saturated rings. The SMILES string of the molecule is C(=CN(C1CCCCCCCCCCC1)C1CCCCCCCCCCC1)c1ccccc1. The summed E-state index contributed by atoms with van der Waals surface area (Å²) in [6.07, 6.45) is 36.6. The summed E-state index contributed by atoms with van der Waals surface area (Å²) in [5.41, 5.74) is 1.35. The van der Waals surface area contributed by atoms with E-state index >= 15 is 0 Å². The standard InChI is InChI=1S/C32H53N/c1-3-7-11-18-24-31(25-19-12-8-4-1)33(29-28-30-22-16-15-17-23-30)32-26-20-13-9-5-2-6-10-14-21-27-32/h15-17,22-23,28-29,31-32H,1-14,18-21,24-27H2. The molecule has 33 heavy (non-hydrogen) atoms. The van der Waals surface area contributed by atoms with E-state index in [1.54, 1.807) is 0 Å². The highest BCUT2D eigenvalue weighted by atomic mass is 15.2. The number of nitrogens with zero attached hydrogens (tertiary/aromatic N) is 1. The molecule has 0 radical (unpaired) electrons. The Morgan fingerprint density at radius 1 is 0.455 bits per heavy atom. The zero-order chi connectivity index (χ0) is 22.8. The van der Waals surface area contributed by atoms with E-state index in [0.717, 1.165) is 12.1 Å². The molecule has 1 aromatic rings. The molecule has 0 heterocycles. The molecule has 0 unspecified atom stereocenters. The molecule has 1 heteroatoms. The summed E-state index contributed by atoms with van der Waals surface area (Å²) < 4.78 is 0. The maximum atomic E-state index is 2.89. The molecule has 0 amide bonds. The maximum Gasteiger partial charge on any atom is 0.0287 e. The highest BCUT2D eigenvalue weighted by Gasteiger charge is 2.23. The predicted octanol–water partition coefficient (Wildman–Crippen LogP) is 10.3. The van der Waals surface area contributed by atoms with Crippen LogP contribution in [-0.2, 0) is 0 Å². The van der Waals surface area contributed by atoms with Gasteiger partial charge in [-0.2, -0.15) is 0 Å². The molecule has 2 saturated carbocycles. The van der Waals surface area contributed by atoms with E-state index in [1.807, 2.05) is 0 Å². The Labute approximate surface area is 206 Å². The van der Waals surface area contributed by atoms with Gasteiger partial charge in [0.15, 0.2) is 0 Å². The van der Waals surface area contributed by atoms with E-state index in [1.165, 1.54) is 147 Å². The Balaban J connectivity index is 1.74. The van der Waals surface area contributed by atoms with Crippen LogP contribution in [0.5, 0.6) is 0 Å². The van der Waals surface area contributed by atoms with Crippen LogP contribution in [0.4, 0.5) is 0 Å². The molecule has 1 aromatic carbocycles. The number of hydrogen-bond acceptors (Lipinski definition) is 1. The van der Waals surface area contributed by atoms with Crippen LogP contribution in [0.25, 0.3) is 6.08 Å². The predicted molar refractivity (Wildman–Crippen MR) is 146 cm³/mol. The van der Waals surface area contributed by atoms with Crippen molar-refractivity contribution in [3.63, 3.8) is 0 Å². The van der Waals surface area contributed by atoms with Gasteiger partial charge < -0.3 is 4.90 Å². The smallest absolute Gasteiger partial charge is 0.0287 e. The van der Waals surface area contributed by atoms with E-state index < -0.39 is 0 Å². The van der Waals surface area contributed by atoms with E-state index in [4.69, 9.17) is 0 Å². The first-order valence-electron chi connectivity index (χ1n) is 14.9. The van der Waals surface area contributed by atoms with Crippen LogP contribution in [0.1, 0.15) is 147 Å². The van der Waals surface area contributed by atoms with Crippen molar-refractivity contribution in [3.05, 3.63) is 42.1 Å². The van der Waals surface area contributed by atoms with Gasteiger partial charge >= 0.3 is 0 Å². The van der Waals surface area contributed by atoms with E-state index in [9.17, 15) is 0 Å². The van der Waals surface area contributed by atoms with Crippen LogP contribution in [0.3, 0.4) is 0 Å². The molecule has 2 aliphatic rings. The highest BCUT2D eigenvalue weighted by Crippen LogP contribution is 2.28. The van der Waals surface area contributed by atoms with Crippen molar-refractivity contribution in [1.29, 1.82) is 0 Å². The van der Waals surface area contributed by atoms with Crippen LogP contribution in [0.15, 0.2) is 36.5 Å². The van der Waals surface area contributed by atoms with Crippen LogP contribution in [0, 0.1) is 0 Å². The topological polar surface area (TPSA) is 3.24 Å². The number of hydrogen-bond donors (Lipinski definition) is 0. The minimum Gasteiger partial charge on any atom is -0.371 e. The average molecular weight is 452 g/mol. The number of benzene rings is 1. The third-order valence-electron chi connectivity index (χ3n) is 8.23. The lowest BCUT2D eigenvalue weighted by Crippen LogP contribution is -2.39. The quantitative estimate of drug-likeness (QED) is 0.440. The summed E-state index contributed by atoms with van der Waals surface area (Å²) in [7, 11) is 0. The molecule has 0 aliphatic heterocycles. The van der Waals surface area contributed by atoms with Gasteiger partial charge in [0, 0.05) is 18.3 Å². The zero-order valence-corrected chi connectivity index (χ0v) is 21.7. The Hall–Kier alpha value is -1.24. The van der Waals surface area contributed by atoms with Crippen LogP contribution < -0.4 is 0 Å². The lowest BCUT2D eigenvalue weighted by molar-refractivity contribution is 0.156. The summed E-state index contributed by atoms with van der Waals surface area (Å²) in [6, 6.07) is 12.5. The van der Waals surface area contributed by atoms with Gasteiger partial charge in [0.25, 0.3) is 0 Å². The summed E-state index contributed by atoms with van der Waals surface area (Å²) in [5.74, 6) is 0. The molecular weight excluding hydrogens is 398 g/mol. The minimum absolute atomic E-state index is 0.738. The monoisotopic (exact) mass is 451 g/mol. The molecule has 0 bridgehead atoms. The first kappa shape index (κ1) is 26.4. The van der Waals surface area contributed by atoms with Crippen LogP contribution >= 0.6 is 0 Å². The normalized spacial score (nSPS) is 22.5. The van der Waals surface area contributed by atoms with E-state index in [2.05, 4.69) is 47.5 Å². The second-order valence-corrected chi connectivity index (χ2v) is 11.0. The zero-order valence-electron chi connectivity index (χ0n) is 21.7. The van der Waals surface area contributed by atoms with Crippen LogP contribution in [0.2, 0.25) is 0 Å². The fraction of sp³-hybridized carbons (Fsp3) is 0.750. The van der Waals surface area contributed by atoms with Crippen molar-refractivity contribution in [1.82, 2.24) is 4.90 Å². The molecule has 3 rings (SSSR count).